The minimum Gasteiger partial charge on any atom is -0.508 e. The number of nitrogens with zero attached hydrogens (tertiary/aromatic N) is 5. The quantitative estimate of drug-likeness (QED) is 0.311. The van der Waals surface area contributed by atoms with Crippen LogP contribution in [0.4, 0.5) is 10.2 Å². The van der Waals surface area contributed by atoms with E-state index in [1.807, 2.05) is 30.0 Å². The molecule has 7 rings (SSSR count). The van der Waals surface area contributed by atoms with Crippen molar-refractivity contribution in [1.29, 1.82) is 0 Å². The Labute approximate surface area is 261 Å². The fraction of sp³-hybridized carbons (Fsp3) is 0.500. The van der Waals surface area contributed by atoms with E-state index in [0.29, 0.717) is 37.2 Å². The van der Waals surface area contributed by atoms with E-state index in [9.17, 15) is 10.2 Å². The normalized spacial score (nSPS) is 24.2. The van der Waals surface area contributed by atoms with Gasteiger partial charge in [0.1, 0.15) is 28.2 Å². The number of phenols is 1. The number of halogens is 1. The summed E-state index contributed by atoms with van der Waals surface area (Å²) in [6.07, 6.45) is 4.75. The third-order valence-corrected chi connectivity index (χ3v) is 9.94. The van der Waals surface area contributed by atoms with Crippen molar-refractivity contribution in [3.8, 4) is 28.9 Å². The molecule has 45 heavy (non-hydrogen) atoms. The molecule has 3 unspecified atom stereocenters. The van der Waals surface area contributed by atoms with E-state index >= 15 is 4.39 Å². The second kappa shape index (κ2) is 11.9. The van der Waals surface area contributed by atoms with Gasteiger partial charge in [0.2, 0.25) is 5.88 Å². The van der Waals surface area contributed by atoms with Crippen molar-refractivity contribution in [3.05, 3.63) is 41.7 Å². The van der Waals surface area contributed by atoms with Gasteiger partial charge in [0.25, 0.3) is 0 Å². The molecule has 1 saturated carbocycles. The molecule has 11 heteroatoms. The van der Waals surface area contributed by atoms with E-state index in [1.54, 1.807) is 6.07 Å². The smallest absolute Gasteiger partial charge is 0.319 e. The summed E-state index contributed by atoms with van der Waals surface area (Å²) in [4.78, 5) is 18.5. The fourth-order valence-electron chi connectivity index (χ4n) is 7.88. The van der Waals surface area contributed by atoms with Crippen molar-refractivity contribution in [2.75, 3.05) is 58.5 Å². The number of aliphatic hydroxyl groups excluding tert-OH is 1. The molecule has 4 heterocycles. The van der Waals surface area contributed by atoms with Crippen LogP contribution in [0.15, 0.2) is 30.3 Å². The van der Waals surface area contributed by atoms with Gasteiger partial charge in [-0.15, -0.1) is 0 Å². The van der Waals surface area contributed by atoms with E-state index in [4.69, 9.17) is 19.2 Å². The first-order valence-electron chi connectivity index (χ1n) is 15.8. The number of aliphatic hydroxyl groups is 1. The van der Waals surface area contributed by atoms with Crippen molar-refractivity contribution in [2.24, 2.45) is 5.41 Å². The molecule has 0 spiro atoms. The number of pyridine rings is 1. The Morgan fingerprint density at radius 1 is 1.11 bits per heavy atom. The largest absolute Gasteiger partial charge is 0.508 e. The molecular formula is C34H40FN5O5. The molecule has 1 aliphatic carbocycles. The van der Waals surface area contributed by atoms with Crippen molar-refractivity contribution < 1.29 is 28.8 Å². The maximum atomic E-state index is 17.0. The van der Waals surface area contributed by atoms with E-state index in [1.165, 1.54) is 13.2 Å². The molecule has 2 aliphatic heterocycles. The Morgan fingerprint density at radius 3 is 2.80 bits per heavy atom. The van der Waals surface area contributed by atoms with Gasteiger partial charge in [-0.25, -0.2) is 9.37 Å². The van der Waals surface area contributed by atoms with Crippen LogP contribution >= 0.6 is 0 Å². The molecule has 10 nitrogen and oxygen atoms in total. The second-order valence-electron chi connectivity index (χ2n) is 12.8. The van der Waals surface area contributed by atoms with Crippen LogP contribution in [-0.4, -0.2) is 95.8 Å². The number of aromatic nitrogens is 3. The van der Waals surface area contributed by atoms with Crippen molar-refractivity contribution in [3.63, 3.8) is 0 Å². The van der Waals surface area contributed by atoms with Crippen LogP contribution in [0.2, 0.25) is 0 Å². The zero-order valence-corrected chi connectivity index (χ0v) is 26.1. The molecule has 3 atom stereocenters. The second-order valence-corrected chi connectivity index (χ2v) is 12.8. The number of likely N-dealkylation sites (tertiary alicyclic amines) is 1. The van der Waals surface area contributed by atoms with E-state index in [-0.39, 0.29) is 52.8 Å². The van der Waals surface area contributed by atoms with Gasteiger partial charge in [-0.1, -0.05) is 24.6 Å². The third kappa shape index (κ3) is 5.30. The molecule has 2 aromatic carbocycles. The third-order valence-electron chi connectivity index (χ3n) is 9.94. The number of hydrogen-bond acceptors (Lipinski definition) is 10. The number of ether oxygens (including phenoxy) is 3. The lowest BCUT2D eigenvalue weighted by Gasteiger charge is -2.44. The highest BCUT2D eigenvalue weighted by Crippen LogP contribution is 2.48. The molecule has 2 aromatic heterocycles. The number of phenolic OH excluding ortho intramolecular Hbond substituents is 1. The summed E-state index contributed by atoms with van der Waals surface area (Å²) < 4.78 is 34.8. The van der Waals surface area contributed by atoms with Crippen LogP contribution in [0.3, 0.4) is 0 Å². The SMILES string of the molecule is COc1nc(-c2cc(O)cc3cccc(C)c23)c(F)c2nc(OCC34CCCC3N(C)CCC4)nc(N3CCOCC(O)C3)c12. The van der Waals surface area contributed by atoms with Crippen molar-refractivity contribution in [2.45, 2.75) is 51.2 Å². The maximum Gasteiger partial charge on any atom is 0.319 e. The first-order chi connectivity index (χ1) is 21.8. The Hall–Kier alpha value is -3.80. The number of hydrogen-bond donors (Lipinski definition) is 2. The number of aryl methyl sites for hydroxylation is 1. The zero-order valence-electron chi connectivity index (χ0n) is 26.1. The molecule has 2 saturated heterocycles. The highest BCUT2D eigenvalue weighted by molar-refractivity contribution is 6.03. The molecule has 0 radical (unpaired) electrons. The minimum atomic E-state index is -0.762. The summed E-state index contributed by atoms with van der Waals surface area (Å²) in [5, 5.41) is 23.0. The highest BCUT2D eigenvalue weighted by atomic mass is 19.1. The summed E-state index contributed by atoms with van der Waals surface area (Å²) >= 11 is 0. The molecule has 2 N–H and O–H groups in total. The number of methoxy groups -OCH3 is 1. The van der Waals surface area contributed by atoms with Crippen LogP contribution in [0, 0.1) is 18.2 Å². The summed E-state index contributed by atoms with van der Waals surface area (Å²) in [5.74, 6) is -0.170. The monoisotopic (exact) mass is 617 g/mol. The lowest BCUT2D eigenvalue weighted by molar-refractivity contribution is 0.0133. The van der Waals surface area contributed by atoms with Gasteiger partial charge in [0.15, 0.2) is 5.82 Å². The van der Waals surface area contributed by atoms with Crippen LogP contribution in [0.1, 0.15) is 37.7 Å². The average molecular weight is 618 g/mol. The number of fused-ring (bicyclic) bond motifs is 3. The minimum absolute atomic E-state index is 0.00261. The molecule has 3 aliphatic rings. The van der Waals surface area contributed by atoms with Gasteiger partial charge in [0, 0.05) is 30.1 Å². The predicted molar refractivity (Wildman–Crippen MR) is 170 cm³/mol. The Balaban J connectivity index is 1.41. The maximum absolute atomic E-state index is 17.0. The van der Waals surface area contributed by atoms with E-state index < -0.39 is 11.9 Å². The number of benzene rings is 2. The lowest BCUT2D eigenvalue weighted by Crippen LogP contribution is -2.50. The molecule has 238 valence electrons. The first kappa shape index (κ1) is 29.9. The van der Waals surface area contributed by atoms with Gasteiger partial charge in [0.05, 0.1) is 33.0 Å². The van der Waals surface area contributed by atoms with Crippen LogP contribution in [-0.2, 0) is 4.74 Å². The molecule has 0 bridgehead atoms. The van der Waals surface area contributed by atoms with Gasteiger partial charge in [-0.05, 0) is 74.7 Å². The number of rotatable bonds is 6. The van der Waals surface area contributed by atoms with E-state index in [2.05, 4.69) is 21.9 Å². The first-order valence-corrected chi connectivity index (χ1v) is 15.8. The van der Waals surface area contributed by atoms with Gasteiger partial charge >= 0.3 is 6.01 Å². The fourth-order valence-corrected chi connectivity index (χ4v) is 7.88. The van der Waals surface area contributed by atoms with Crippen molar-refractivity contribution in [1.82, 2.24) is 19.9 Å². The standard InChI is InChI=1S/C34H40FN5O5/c1-20-7-4-8-21-15-22(41)16-24(26(20)21)29-28(35)30-27(32(36-29)43-3)31(40-13-14-44-18-23(42)17-40)38-33(37-30)45-19-34-10-5-9-25(34)39(2)12-6-11-34/h4,7-8,15-16,23,25,41-42H,5-6,9-14,17-19H2,1-3H3. The summed E-state index contributed by atoms with van der Waals surface area (Å²) in [6, 6.07) is 9.38. The predicted octanol–water partition coefficient (Wildman–Crippen LogP) is 4.85. The van der Waals surface area contributed by atoms with Crippen LogP contribution in [0.25, 0.3) is 32.9 Å². The molecule has 3 fully saturated rings. The topological polar surface area (TPSA) is 113 Å². The van der Waals surface area contributed by atoms with Gasteiger partial charge < -0.3 is 34.2 Å². The number of β-amino-alcohol motifs (C(OH)–C–C–N with tert-alkyl or cyclic N) is 1. The molecular weight excluding hydrogens is 577 g/mol. The molecule has 0 amide bonds. The van der Waals surface area contributed by atoms with Gasteiger partial charge in [-0.3, -0.25) is 0 Å². The highest BCUT2D eigenvalue weighted by Gasteiger charge is 2.47. The number of aromatic hydroxyl groups is 1. The van der Waals surface area contributed by atoms with Crippen LogP contribution < -0.4 is 14.4 Å². The summed E-state index contributed by atoms with van der Waals surface area (Å²) in [6.45, 7) is 4.65. The van der Waals surface area contributed by atoms with E-state index in [0.717, 1.165) is 55.0 Å². The number of anilines is 1. The van der Waals surface area contributed by atoms with Crippen molar-refractivity contribution >= 4 is 27.5 Å². The Morgan fingerprint density at radius 2 is 1.96 bits per heavy atom. The summed E-state index contributed by atoms with van der Waals surface area (Å²) in [7, 11) is 3.66. The zero-order chi connectivity index (χ0) is 31.3. The average Bonchev–Trinajstić information content (AvgIpc) is 3.35. The lowest BCUT2D eigenvalue weighted by atomic mass is 9.76. The van der Waals surface area contributed by atoms with Gasteiger partial charge in [-0.2, -0.15) is 9.97 Å². The number of piperidine rings is 1. The van der Waals surface area contributed by atoms with Crippen LogP contribution in [0.5, 0.6) is 17.6 Å². The molecule has 4 aromatic rings. The summed E-state index contributed by atoms with van der Waals surface area (Å²) in [5.41, 5.74) is 1.35. The Bertz CT molecular complexity index is 1750. The Kier molecular flexibility index (Phi) is 7.87.